The van der Waals surface area contributed by atoms with E-state index < -0.39 is 0 Å². The molecule has 0 radical (unpaired) electrons. The third-order valence-corrected chi connectivity index (χ3v) is 2.08. The van der Waals surface area contributed by atoms with Gasteiger partial charge in [-0.3, -0.25) is 0 Å². The first-order chi connectivity index (χ1) is 5.83. The minimum Gasteiger partial charge on any atom is -0.385 e. The molecule has 1 aromatic rings. The van der Waals surface area contributed by atoms with Gasteiger partial charge in [-0.25, -0.2) is 4.98 Å². The van der Waals surface area contributed by atoms with Gasteiger partial charge >= 0.3 is 0 Å². The second-order valence-electron chi connectivity index (χ2n) is 2.57. The van der Waals surface area contributed by atoms with E-state index in [1.807, 2.05) is 0 Å². The van der Waals surface area contributed by atoms with Crippen LogP contribution < -0.4 is 5.32 Å². The van der Waals surface area contributed by atoms with E-state index in [0.29, 0.717) is 6.04 Å². The number of aromatic nitrogens is 2. The molecule has 5 heteroatoms. The highest BCUT2D eigenvalue weighted by Gasteiger charge is 2.02. The van der Waals surface area contributed by atoms with Gasteiger partial charge in [0.2, 0.25) is 5.13 Å². The highest BCUT2D eigenvalue weighted by atomic mass is 32.1. The Hall–Kier alpha value is -0.680. The van der Waals surface area contributed by atoms with E-state index >= 15 is 0 Å². The number of anilines is 1. The maximum atomic E-state index is 4.96. The Balaban J connectivity index is 2.22. The molecule has 1 aromatic heterocycles. The summed E-state index contributed by atoms with van der Waals surface area (Å²) in [6.07, 6.45) is 2.53. The third kappa shape index (κ3) is 3.15. The van der Waals surface area contributed by atoms with Crippen molar-refractivity contribution in [2.75, 3.05) is 19.0 Å². The molecule has 12 heavy (non-hydrogen) atoms. The van der Waals surface area contributed by atoms with Crippen molar-refractivity contribution < 1.29 is 4.74 Å². The summed E-state index contributed by atoms with van der Waals surface area (Å²) in [6.45, 7) is 2.87. The van der Waals surface area contributed by atoms with E-state index in [9.17, 15) is 0 Å². The van der Waals surface area contributed by atoms with Crippen molar-refractivity contribution in [3.05, 3.63) is 6.33 Å². The van der Waals surface area contributed by atoms with Crippen molar-refractivity contribution in [2.45, 2.75) is 19.4 Å². The Kier molecular flexibility index (Phi) is 3.96. The van der Waals surface area contributed by atoms with Crippen LogP contribution in [0, 0.1) is 0 Å². The molecule has 0 amide bonds. The Morgan fingerprint density at radius 2 is 2.58 bits per heavy atom. The van der Waals surface area contributed by atoms with E-state index in [-0.39, 0.29) is 0 Å². The van der Waals surface area contributed by atoms with E-state index in [1.54, 1.807) is 13.4 Å². The lowest BCUT2D eigenvalue weighted by atomic mass is 10.2. The SMILES string of the molecule is COCCC(C)Nc1ncns1. The number of nitrogens with one attached hydrogen (secondary N) is 1. The van der Waals surface area contributed by atoms with Crippen molar-refractivity contribution >= 4 is 16.7 Å². The molecule has 0 saturated heterocycles. The van der Waals surface area contributed by atoms with Crippen molar-refractivity contribution in [1.29, 1.82) is 0 Å². The molecule has 1 heterocycles. The monoisotopic (exact) mass is 187 g/mol. The zero-order valence-electron chi connectivity index (χ0n) is 7.28. The van der Waals surface area contributed by atoms with E-state index in [0.717, 1.165) is 18.2 Å². The van der Waals surface area contributed by atoms with Gasteiger partial charge in [-0.1, -0.05) is 0 Å². The summed E-state index contributed by atoms with van der Waals surface area (Å²) in [6, 6.07) is 0.387. The van der Waals surface area contributed by atoms with Gasteiger partial charge < -0.3 is 10.1 Å². The molecular formula is C7H13N3OS. The van der Waals surface area contributed by atoms with Gasteiger partial charge in [-0.05, 0) is 13.3 Å². The van der Waals surface area contributed by atoms with Crippen LogP contribution in [0.3, 0.4) is 0 Å². The summed E-state index contributed by atoms with van der Waals surface area (Å²) in [5.74, 6) is 0. The van der Waals surface area contributed by atoms with E-state index in [4.69, 9.17) is 4.74 Å². The van der Waals surface area contributed by atoms with Crippen LogP contribution in [0.5, 0.6) is 0 Å². The molecule has 0 aliphatic carbocycles. The zero-order valence-corrected chi connectivity index (χ0v) is 8.10. The predicted molar refractivity (Wildman–Crippen MR) is 49.5 cm³/mol. The van der Waals surface area contributed by atoms with Crippen molar-refractivity contribution in [2.24, 2.45) is 0 Å². The molecule has 1 unspecified atom stereocenters. The normalized spacial score (nSPS) is 12.8. The average Bonchev–Trinajstić information content (AvgIpc) is 2.53. The number of ether oxygens (including phenoxy) is 1. The van der Waals surface area contributed by atoms with Gasteiger partial charge in [0.15, 0.2) is 0 Å². The van der Waals surface area contributed by atoms with E-state index in [1.165, 1.54) is 11.5 Å². The lowest BCUT2D eigenvalue weighted by Gasteiger charge is -2.10. The smallest absolute Gasteiger partial charge is 0.202 e. The first-order valence-corrected chi connectivity index (χ1v) is 4.62. The summed E-state index contributed by atoms with van der Waals surface area (Å²) < 4.78 is 8.85. The Morgan fingerprint density at radius 3 is 3.17 bits per heavy atom. The standard InChI is InChI=1S/C7H13N3OS/c1-6(3-4-11-2)10-7-8-5-9-12-7/h5-6H,3-4H2,1-2H3,(H,8,9,10). The lowest BCUT2D eigenvalue weighted by molar-refractivity contribution is 0.191. The molecule has 1 N–H and O–H groups in total. The summed E-state index contributed by atoms with van der Waals surface area (Å²) in [7, 11) is 1.71. The fourth-order valence-electron chi connectivity index (χ4n) is 0.814. The number of hydrogen-bond donors (Lipinski definition) is 1. The number of hydrogen-bond acceptors (Lipinski definition) is 5. The molecule has 0 fully saturated rings. The van der Waals surface area contributed by atoms with Crippen molar-refractivity contribution in [3.8, 4) is 0 Å². The van der Waals surface area contributed by atoms with Crippen LogP contribution in [0.15, 0.2) is 6.33 Å². The predicted octanol–water partition coefficient (Wildman–Crippen LogP) is 1.37. The quantitative estimate of drug-likeness (QED) is 0.756. The molecule has 0 aliphatic rings. The maximum Gasteiger partial charge on any atom is 0.202 e. The summed E-state index contributed by atoms with van der Waals surface area (Å²) in [5, 5.41) is 4.10. The first kappa shape index (κ1) is 9.41. The molecular weight excluding hydrogens is 174 g/mol. The highest BCUT2D eigenvalue weighted by molar-refractivity contribution is 7.09. The van der Waals surface area contributed by atoms with Crippen LogP contribution in [0.25, 0.3) is 0 Å². The molecule has 0 aromatic carbocycles. The van der Waals surface area contributed by atoms with Gasteiger partial charge in [0.1, 0.15) is 6.33 Å². The molecule has 68 valence electrons. The largest absolute Gasteiger partial charge is 0.385 e. The average molecular weight is 187 g/mol. The molecule has 0 bridgehead atoms. The minimum atomic E-state index is 0.387. The van der Waals surface area contributed by atoms with Gasteiger partial charge in [0, 0.05) is 31.3 Å². The van der Waals surface area contributed by atoms with Crippen molar-refractivity contribution in [1.82, 2.24) is 9.36 Å². The molecule has 4 nitrogen and oxygen atoms in total. The fraction of sp³-hybridized carbons (Fsp3) is 0.714. The minimum absolute atomic E-state index is 0.387. The lowest BCUT2D eigenvalue weighted by Crippen LogP contribution is -2.16. The van der Waals surface area contributed by atoms with Crippen LogP contribution in [0.4, 0.5) is 5.13 Å². The second-order valence-corrected chi connectivity index (χ2v) is 3.35. The van der Waals surface area contributed by atoms with Gasteiger partial charge in [0.25, 0.3) is 0 Å². The topological polar surface area (TPSA) is 47.0 Å². The molecule has 0 aliphatic heterocycles. The van der Waals surface area contributed by atoms with Crippen LogP contribution in [-0.4, -0.2) is 29.1 Å². The van der Waals surface area contributed by atoms with Crippen LogP contribution in [-0.2, 0) is 4.74 Å². The highest BCUT2D eigenvalue weighted by Crippen LogP contribution is 2.09. The number of nitrogens with zero attached hydrogens (tertiary/aromatic N) is 2. The van der Waals surface area contributed by atoms with Crippen LogP contribution in [0.2, 0.25) is 0 Å². The third-order valence-electron chi connectivity index (χ3n) is 1.49. The molecule has 0 saturated carbocycles. The second kappa shape index (κ2) is 5.05. The Labute approximate surface area is 76.1 Å². The molecule has 1 rings (SSSR count). The summed E-state index contributed by atoms with van der Waals surface area (Å²) >= 11 is 1.37. The number of methoxy groups -OCH3 is 1. The Morgan fingerprint density at radius 1 is 1.75 bits per heavy atom. The maximum absolute atomic E-state index is 4.96. The Bertz CT molecular complexity index is 202. The summed E-state index contributed by atoms with van der Waals surface area (Å²) in [5.41, 5.74) is 0. The number of rotatable bonds is 5. The fourth-order valence-corrected chi connectivity index (χ4v) is 1.36. The molecule has 0 spiro atoms. The van der Waals surface area contributed by atoms with Gasteiger partial charge in [-0.15, -0.1) is 0 Å². The van der Waals surface area contributed by atoms with E-state index in [2.05, 4.69) is 21.6 Å². The van der Waals surface area contributed by atoms with Crippen molar-refractivity contribution in [3.63, 3.8) is 0 Å². The van der Waals surface area contributed by atoms with Crippen LogP contribution >= 0.6 is 11.5 Å². The summed E-state index contributed by atoms with van der Waals surface area (Å²) in [4.78, 5) is 4.02. The zero-order chi connectivity index (χ0) is 8.81. The molecule has 1 atom stereocenters. The first-order valence-electron chi connectivity index (χ1n) is 3.85. The van der Waals surface area contributed by atoms with Crippen LogP contribution in [0.1, 0.15) is 13.3 Å². The van der Waals surface area contributed by atoms with Gasteiger partial charge in [-0.2, -0.15) is 4.37 Å². The van der Waals surface area contributed by atoms with Gasteiger partial charge in [0.05, 0.1) is 0 Å².